The molecule has 16 rings (SSSR count). The first kappa shape index (κ1) is 84.8. The van der Waals surface area contributed by atoms with Crippen LogP contribution < -0.4 is 41.0 Å². The largest absolute Gasteiger partial charge is 0.493 e. The number of carbonyl (C=O) groups excluding carboxylic acids is 7. The van der Waals surface area contributed by atoms with Gasteiger partial charge in [0.15, 0.2) is 35.9 Å². The summed E-state index contributed by atoms with van der Waals surface area (Å²) in [7, 11) is 0. The minimum atomic E-state index is -0.948. The maximum Gasteiger partial charge on any atom is 0.338 e. The number of quaternary nitrogens is 1. The number of hydrogen-bond acceptors (Lipinski definition) is 19. The van der Waals surface area contributed by atoms with Crippen LogP contribution in [0.4, 0.5) is 34.5 Å². The van der Waals surface area contributed by atoms with Gasteiger partial charge < -0.3 is 54.7 Å². The van der Waals surface area contributed by atoms with E-state index in [4.69, 9.17) is 23.3 Å². The number of aliphatic imine (C=N–C) groups is 1. The van der Waals surface area contributed by atoms with Crippen LogP contribution >= 0.6 is 0 Å². The number of anilines is 4. The molecule has 0 unspecified atom stereocenters. The van der Waals surface area contributed by atoms with Gasteiger partial charge in [0.2, 0.25) is 5.91 Å². The second kappa shape index (κ2) is 40.3. The zero-order valence-corrected chi connectivity index (χ0v) is 67.6. The molecule has 1 saturated heterocycles. The number of aromatic nitrogens is 3. The van der Waals surface area contributed by atoms with E-state index in [1.165, 1.54) is 63.4 Å². The summed E-state index contributed by atoms with van der Waals surface area (Å²) in [5.74, 6) is 2.82. The lowest BCUT2D eigenvalue weighted by Crippen LogP contribution is -3.14. The summed E-state index contributed by atoms with van der Waals surface area (Å²) in [5.41, 5.74) is 17.1. The Kier molecular flexibility index (Phi) is 28.5. The van der Waals surface area contributed by atoms with Crippen molar-refractivity contribution in [2.24, 2.45) is 10.9 Å². The molecule has 1 atom stereocenters. The smallest absolute Gasteiger partial charge is 0.338 e. The van der Waals surface area contributed by atoms with E-state index in [0.717, 1.165) is 100 Å². The van der Waals surface area contributed by atoms with E-state index in [2.05, 4.69) is 90.7 Å². The fourth-order valence-electron chi connectivity index (χ4n) is 13.9. The highest BCUT2D eigenvalue weighted by Crippen LogP contribution is 2.38. The highest BCUT2D eigenvalue weighted by molar-refractivity contribution is 6.46. The van der Waals surface area contributed by atoms with Crippen LogP contribution in [0.2, 0.25) is 0 Å². The van der Waals surface area contributed by atoms with Gasteiger partial charge in [-0.2, -0.15) is 0 Å². The maximum absolute atomic E-state index is 12.4. The SMILES string of the molecule is C=C1COc2ccc(C(=O)/C=C/c3ccccc3OCC)cc2N1.CC1=C(C)c2cc(C(=O)O[C@H](C)C(=O)Nc3cc(C)on3)ccc2C1.Cc1cc(NC(=O)C[NH+]2CCC(C3=CCc4ccccc43)CC2)no1.Cc1ccc(NC(=O)CNC(=O)c2ccc3ccccc3c2)nc1.O=C(/C=C/c1cccc([N+](=O)[O-])c1)C1=Nc2ccccc2C1. The van der Waals surface area contributed by atoms with E-state index in [1.807, 2.05) is 131 Å². The minimum absolute atomic E-state index is 0.000195. The number of para-hydroxylation sites is 2. The summed E-state index contributed by atoms with van der Waals surface area (Å²) in [6.07, 6.45) is 14.2. The molecule has 5 aliphatic rings. The summed E-state index contributed by atoms with van der Waals surface area (Å²) in [4.78, 5) is 105. The number of fused-ring (bicyclic) bond motifs is 5. The van der Waals surface area contributed by atoms with Crippen molar-refractivity contribution < 1.29 is 66.6 Å². The molecule has 0 spiro atoms. The fourth-order valence-corrected chi connectivity index (χ4v) is 13.9. The monoisotopic (exact) mass is 1610 g/mol. The van der Waals surface area contributed by atoms with Crippen molar-refractivity contribution in [3.63, 3.8) is 0 Å². The lowest BCUT2D eigenvalue weighted by molar-refractivity contribution is -0.897. The van der Waals surface area contributed by atoms with Crippen molar-refractivity contribution in [1.82, 2.24) is 20.6 Å². The number of amides is 4. The first-order valence-corrected chi connectivity index (χ1v) is 39.3. The number of pyridine rings is 1. The number of nitrogens with one attached hydrogen (secondary N) is 6. The fraction of sp³-hybridized carbons (Fsp3) is 0.211. The summed E-state index contributed by atoms with van der Waals surface area (Å²) in [6.45, 7) is 20.4. The quantitative estimate of drug-likeness (QED) is 0.0128. The lowest BCUT2D eigenvalue weighted by Gasteiger charge is -2.30. The average molecular weight is 1610 g/mol. The lowest BCUT2D eigenvalue weighted by atomic mass is 9.86. The number of nitrogens with zero attached hydrogens (tertiary/aromatic N) is 5. The second-order valence-electron chi connectivity index (χ2n) is 29.2. The number of allylic oxidation sites excluding steroid dienone is 6. The normalized spacial score (nSPS) is 14.7. The molecule has 1 fully saturated rings. The molecule has 610 valence electrons. The Morgan fingerprint density at radius 1 is 0.658 bits per heavy atom. The molecule has 8 aromatic carbocycles. The van der Waals surface area contributed by atoms with E-state index in [-0.39, 0.29) is 41.5 Å². The van der Waals surface area contributed by atoms with Gasteiger partial charge in [-0.3, -0.25) is 38.9 Å². The highest BCUT2D eigenvalue weighted by atomic mass is 16.6. The van der Waals surface area contributed by atoms with Gasteiger partial charge in [0.25, 0.3) is 23.4 Å². The number of carbonyl (C=O) groups is 7. The third-order valence-electron chi connectivity index (χ3n) is 20.3. The molecule has 0 radical (unpaired) electrons. The number of non-ortho nitro benzene ring substituents is 1. The molecule has 6 N–H and O–H groups in total. The van der Waals surface area contributed by atoms with Crippen LogP contribution in [0.25, 0.3) is 34.1 Å². The van der Waals surface area contributed by atoms with Gasteiger partial charge in [-0.15, -0.1) is 0 Å². The molecule has 0 saturated carbocycles. The molecular formula is C95H92N11O14+. The number of esters is 1. The standard InChI is InChI=1S/C20H23N3O2.C20H19NO3.C19H17N3O2.C19H20N2O4.C17H12N2O3/c1-14-12-19(22-25-14)21-20(24)13-23-10-8-16(9-11-23)18-7-6-15-4-2-3-5-17(15)18;1-3-23-19-7-5-4-6-15(19)8-10-18(22)16-9-11-20-17(12-16)21-14(2)13-24-20;1-13-6-9-17(20-11-13)22-18(23)12-21-19(24)16-8-7-14-4-2-3-5-15(14)10-16;1-10-7-14-5-6-15(9-16(14)12(10)3)19(23)24-13(4)18(22)20-17-8-11(2)25-21-17;20-17(16-11-13-5-1-2-7-15(13)18-16)9-8-12-4-3-6-14(10-12)19(21)22/h2-5,7,12,16H,6,8-11,13H2,1H3,(H,21,22,24);4-12,21H,2-3,13H2,1H3;2-11H,12H2,1H3,(H,21,24)(H,20,22,23);5-6,8-9,13H,7H2,1-4H3,(H,20,21,22);1-10H,11H2/p+1/b;10-8+;;;9-8+/t;;;13-;/m...1./s1. The van der Waals surface area contributed by atoms with Gasteiger partial charge in [-0.1, -0.05) is 150 Å². The molecule has 25 heteroatoms. The van der Waals surface area contributed by atoms with Gasteiger partial charge in [-0.25, -0.2) is 14.8 Å². The molecule has 120 heavy (non-hydrogen) atoms. The number of rotatable bonds is 21. The van der Waals surface area contributed by atoms with Crippen LogP contribution in [0.3, 0.4) is 0 Å². The summed E-state index contributed by atoms with van der Waals surface area (Å²) in [6, 6.07) is 61.1. The predicted octanol–water partition coefficient (Wildman–Crippen LogP) is 16.1. The third-order valence-corrected chi connectivity index (χ3v) is 20.3. The van der Waals surface area contributed by atoms with Crippen molar-refractivity contribution in [1.29, 1.82) is 0 Å². The summed E-state index contributed by atoms with van der Waals surface area (Å²) >= 11 is 0. The number of likely N-dealkylation sites (tertiary alicyclic amines) is 1. The van der Waals surface area contributed by atoms with Crippen LogP contribution in [0, 0.1) is 36.8 Å². The molecule has 0 bridgehead atoms. The van der Waals surface area contributed by atoms with Crippen LogP contribution in [0.1, 0.15) is 128 Å². The second-order valence-corrected chi connectivity index (χ2v) is 29.2. The summed E-state index contributed by atoms with van der Waals surface area (Å²) < 4.78 is 26.2. The summed E-state index contributed by atoms with van der Waals surface area (Å²) in [5, 5.41) is 34.0. The topological polar surface area (TPSA) is 332 Å². The molecule has 3 aromatic heterocycles. The van der Waals surface area contributed by atoms with E-state index < -0.39 is 22.9 Å². The molecular weight excluding hydrogens is 1520 g/mol. The minimum Gasteiger partial charge on any atom is -0.493 e. The van der Waals surface area contributed by atoms with Gasteiger partial charge in [-0.05, 0) is 207 Å². The number of nitro benzene ring substituents is 1. The van der Waals surface area contributed by atoms with Crippen molar-refractivity contribution >= 4 is 115 Å². The highest BCUT2D eigenvalue weighted by Gasteiger charge is 2.30. The van der Waals surface area contributed by atoms with E-state index in [9.17, 15) is 43.7 Å². The van der Waals surface area contributed by atoms with Crippen molar-refractivity contribution in [3.05, 3.63) is 325 Å². The van der Waals surface area contributed by atoms with E-state index in [0.29, 0.717) is 89.0 Å². The van der Waals surface area contributed by atoms with Crippen LogP contribution in [0.15, 0.2) is 257 Å². The Labute approximate surface area is 694 Å². The van der Waals surface area contributed by atoms with Crippen molar-refractivity contribution in [3.8, 4) is 11.5 Å². The Morgan fingerprint density at radius 3 is 2.08 bits per heavy atom. The Bertz CT molecular complexity index is 5840. The number of nitro groups is 1. The molecule has 3 aliphatic heterocycles. The van der Waals surface area contributed by atoms with Gasteiger partial charge >= 0.3 is 5.97 Å². The molecule has 25 nitrogen and oxygen atoms in total. The van der Waals surface area contributed by atoms with E-state index >= 15 is 0 Å². The average Bonchev–Trinajstić information content (AvgIpc) is 1.56. The zero-order valence-electron chi connectivity index (χ0n) is 67.6. The molecule has 6 heterocycles. The zero-order chi connectivity index (χ0) is 84.8. The number of benzene rings is 8. The molecule has 4 amide bonds. The van der Waals surface area contributed by atoms with Gasteiger partial charge in [0, 0.05) is 72.1 Å². The predicted molar refractivity (Wildman–Crippen MR) is 463 cm³/mol. The van der Waals surface area contributed by atoms with Gasteiger partial charge in [0.1, 0.15) is 35.4 Å². The van der Waals surface area contributed by atoms with Crippen LogP contribution in [-0.4, -0.2) is 113 Å². The third kappa shape index (κ3) is 23.2. The van der Waals surface area contributed by atoms with Crippen molar-refractivity contribution in [2.75, 3.05) is 60.7 Å². The maximum atomic E-state index is 12.4. The first-order chi connectivity index (χ1) is 57.9. The number of aryl methyl sites for hydroxylation is 3. The molecule has 2 aliphatic carbocycles. The molecule has 11 aromatic rings. The number of hydrogen-bond donors (Lipinski definition) is 6. The van der Waals surface area contributed by atoms with Crippen molar-refractivity contribution in [2.45, 2.75) is 86.7 Å². The van der Waals surface area contributed by atoms with E-state index in [1.54, 1.807) is 92.0 Å². The first-order valence-electron chi connectivity index (χ1n) is 39.3. The number of ether oxygens (including phenoxy) is 3. The van der Waals surface area contributed by atoms with Gasteiger partial charge in [0.05, 0.1) is 53.8 Å². The van der Waals surface area contributed by atoms with Crippen LogP contribution in [0.5, 0.6) is 11.5 Å². The Hall–Kier alpha value is -14.6. The van der Waals surface area contributed by atoms with Crippen LogP contribution in [-0.2, 0) is 43.2 Å². The Balaban J connectivity index is 0.000000138. The number of ketones is 2. The number of piperidine rings is 1. The Morgan fingerprint density at radius 2 is 1.35 bits per heavy atom.